The molecule has 28 heavy (non-hydrogen) atoms. The summed E-state index contributed by atoms with van der Waals surface area (Å²) in [5.41, 5.74) is 1.07. The summed E-state index contributed by atoms with van der Waals surface area (Å²) in [6, 6.07) is 5.76. The van der Waals surface area contributed by atoms with Crippen LogP contribution < -0.4 is 15.4 Å². The van der Waals surface area contributed by atoms with Gasteiger partial charge >= 0.3 is 6.18 Å². The van der Waals surface area contributed by atoms with E-state index < -0.39 is 30.4 Å². The number of benzene rings is 1. The van der Waals surface area contributed by atoms with Gasteiger partial charge in [0.1, 0.15) is 11.4 Å². The van der Waals surface area contributed by atoms with Crippen molar-refractivity contribution in [2.75, 3.05) is 18.5 Å². The van der Waals surface area contributed by atoms with Crippen molar-refractivity contribution in [3.8, 4) is 5.88 Å². The third-order valence-corrected chi connectivity index (χ3v) is 3.84. The number of ether oxygens (including phenoxy) is 1. The fourth-order valence-corrected chi connectivity index (χ4v) is 2.65. The summed E-state index contributed by atoms with van der Waals surface area (Å²) in [6.07, 6.45) is -2.88. The molecule has 1 aliphatic heterocycles. The molecule has 2 aromatic rings. The van der Waals surface area contributed by atoms with E-state index in [1.165, 1.54) is 24.4 Å². The third kappa shape index (κ3) is 5.70. The highest BCUT2D eigenvalue weighted by Crippen LogP contribution is 2.26. The molecule has 1 aliphatic rings. The van der Waals surface area contributed by atoms with Gasteiger partial charge in [-0.25, -0.2) is 9.37 Å². The lowest BCUT2D eigenvalue weighted by Crippen LogP contribution is -2.25. The Hall–Kier alpha value is -2.10. The molecular weight excluding hydrogens is 425 g/mol. The van der Waals surface area contributed by atoms with Gasteiger partial charge in [0.25, 0.3) is 5.91 Å². The van der Waals surface area contributed by atoms with Gasteiger partial charge < -0.3 is 15.4 Å². The number of hydrogen-bond acceptors (Lipinski definition) is 4. The normalized spacial score (nSPS) is 12.9. The van der Waals surface area contributed by atoms with E-state index in [4.69, 9.17) is 0 Å². The van der Waals surface area contributed by atoms with Gasteiger partial charge in [-0.3, -0.25) is 4.79 Å². The first kappa shape index (κ1) is 23.9. The number of carbonyl (C=O) groups excluding carboxylic acids is 1. The molecule has 11 heteroatoms. The van der Waals surface area contributed by atoms with E-state index in [1.807, 2.05) is 0 Å². The average Bonchev–Trinajstić information content (AvgIpc) is 2.62. The molecule has 0 fully saturated rings. The number of fused-ring (bicyclic) bond motifs is 1. The van der Waals surface area contributed by atoms with E-state index in [-0.39, 0.29) is 36.1 Å². The highest BCUT2D eigenvalue weighted by molar-refractivity contribution is 6.05. The number of rotatable bonds is 4. The minimum atomic E-state index is -4.57. The van der Waals surface area contributed by atoms with Gasteiger partial charge in [0.15, 0.2) is 6.61 Å². The zero-order valence-corrected chi connectivity index (χ0v) is 15.9. The summed E-state index contributed by atoms with van der Waals surface area (Å²) in [7, 11) is 0. The molecule has 0 unspecified atom stereocenters. The molecule has 3 rings (SSSR count). The predicted octanol–water partition coefficient (Wildman–Crippen LogP) is 3.90. The van der Waals surface area contributed by atoms with Crippen molar-refractivity contribution in [2.45, 2.75) is 19.1 Å². The third-order valence-electron chi connectivity index (χ3n) is 3.84. The fourth-order valence-electron chi connectivity index (χ4n) is 2.65. The van der Waals surface area contributed by atoms with Crippen LogP contribution in [0.15, 0.2) is 30.5 Å². The molecule has 0 saturated heterocycles. The maximum Gasteiger partial charge on any atom is 0.422 e. The van der Waals surface area contributed by atoms with Crippen LogP contribution in [0.5, 0.6) is 5.88 Å². The van der Waals surface area contributed by atoms with Gasteiger partial charge in [0, 0.05) is 12.7 Å². The van der Waals surface area contributed by atoms with Crippen LogP contribution in [0.1, 0.15) is 21.5 Å². The van der Waals surface area contributed by atoms with E-state index >= 15 is 0 Å². The quantitative estimate of drug-likeness (QED) is 0.706. The summed E-state index contributed by atoms with van der Waals surface area (Å²) in [4.78, 5) is 16.0. The van der Waals surface area contributed by atoms with Crippen LogP contribution in [-0.2, 0) is 13.0 Å². The van der Waals surface area contributed by atoms with Crippen molar-refractivity contribution in [1.82, 2.24) is 10.3 Å². The Balaban J connectivity index is 0.00000196. The maximum absolute atomic E-state index is 14.6. The molecule has 1 aromatic carbocycles. The molecule has 0 atom stereocenters. The van der Waals surface area contributed by atoms with Crippen molar-refractivity contribution in [3.05, 3.63) is 53.0 Å². The highest BCUT2D eigenvalue weighted by atomic mass is 35.5. The second-order valence-electron chi connectivity index (χ2n) is 5.71. The molecule has 0 radical (unpaired) electrons. The van der Waals surface area contributed by atoms with E-state index in [0.29, 0.717) is 25.1 Å². The van der Waals surface area contributed by atoms with Gasteiger partial charge in [-0.2, -0.15) is 13.2 Å². The van der Waals surface area contributed by atoms with Gasteiger partial charge in [-0.15, -0.1) is 24.8 Å². The SMILES string of the molecule is Cl.Cl.O=C(Nc1ccc2c(c1F)CCNC2)c1cccnc1OCC(F)(F)F. The molecule has 0 spiro atoms. The topological polar surface area (TPSA) is 63.2 Å². The number of pyridine rings is 1. The van der Waals surface area contributed by atoms with Crippen LogP contribution in [0.25, 0.3) is 0 Å². The minimum Gasteiger partial charge on any atom is -0.467 e. The molecule has 1 amide bonds. The number of hydrogen-bond donors (Lipinski definition) is 2. The van der Waals surface area contributed by atoms with Gasteiger partial charge in [-0.1, -0.05) is 6.07 Å². The number of halogens is 6. The number of amides is 1. The second-order valence-corrected chi connectivity index (χ2v) is 5.71. The zero-order valence-electron chi connectivity index (χ0n) is 14.3. The minimum absolute atomic E-state index is 0. The lowest BCUT2D eigenvalue weighted by molar-refractivity contribution is -0.154. The Labute approximate surface area is 170 Å². The first-order valence-electron chi connectivity index (χ1n) is 7.82. The molecule has 0 saturated carbocycles. The molecule has 1 aromatic heterocycles. The lowest BCUT2D eigenvalue weighted by Gasteiger charge is -2.19. The number of anilines is 1. The van der Waals surface area contributed by atoms with Crippen molar-refractivity contribution in [3.63, 3.8) is 0 Å². The number of aromatic nitrogens is 1. The maximum atomic E-state index is 14.6. The molecule has 2 N–H and O–H groups in total. The lowest BCUT2D eigenvalue weighted by atomic mass is 9.99. The van der Waals surface area contributed by atoms with E-state index in [0.717, 1.165) is 5.56 Å². The smallest absolute Gasteiger partial charge is 0.422 e. The van der Waals surface area contributed by atoms with Gasteiger partial charge in [0.2, 0.25) is 5.88 Å². The van der Waals surface area contributed by atoms with Gasteiger partial charge in [0.05, 0.1) is 5.69 Å². The molecular formula is C17H17Cl2F4N3O2. The first-order valence-corrected chi connectivity index (χ1v) is 7.82. The Kier molecular flexibility index (Phi) is 8.47. The molecule has 5 nitrogen and oxygen atoms in total. The monoisotopic (exact) mass is 441 g/mol. The van der Waals surface area contributed by atoms with Crippen LogP contribution in [0.2, 0.25) is 0 Å². The molecule has 0 aliphatic carbocycles. The second kappa shape index (κ2) is 9.90. The van der Waals surface area contributed by atoms with Crippen LogP contribution in [0.4, 0.5) is 23.2 Å². The van der Waals surface area contributed by atoms with Crippen molar-refractivity contribution in [2.24, 2.45) is 0 Å². The van der Waals surface area contributed by atoms with Crippen molar-refractivity contribution in [1.29, 1.82) is 0 Å². The predicted molar refractivity (Wildman–Crippen MR) is 100 cm³/mol. The number of nitrogens with zero attached hydrogens (tertiary/aromatic N) is 1. The highest BCUT2D eigenvalue weighted by Gasteiger charge is 2.29. The fraction of sp³-hybridized carbons (Fsp3) is 0.294. The Morgan fingerprint density at radius 3 is 2.71 bits per heavy atom. The number of nitrogens with one attached hydrogen (secondary N) is 2. The van der Waals surface area contributed by atoms with Crippen LogP contribution in [-0.4, -0.2) is 30.2 Å². The van der Waals surface area contributed by atoms with Crippen molar-refractivity contribution >= 4 is 36.4 Å². The summed E-state index contributed by atoms with van der Waals surface area (Å²) in [6.45, 7) is -0.414. The summed E-state index contributed by atoms with van der Waals surface area (Å²) < 4.78 is 56.2. The summed E-state index contributed by atoms with van der Waals surface area (Å²) >= 11 is 0. The van der Waals surface area contributed by atoms with E-state index in [1.54, 1.807) is 6.07 Å². The van der Waals surface area contributed by atoms with Crippen LogP contribution in [0, 0.1) is 5.82 Å². The summed E-state index contributed by atoms with van der Waals surface area (Å²) in [5.74, 6) is -1.81. The average molecular weight is 442 g/mol. The molecule has 0 bridgehead atoms. The number of alkyl halides is 3. The Morgan fingerprint density at radius 1 is 1.25 bits per heavy atom. The summed E-state index contributed by atoms with van der Waals surface area (Å²) in [5, 5.41) is 5.50. The Bertz CT molecular complexity index is 835. The van der Waals surface area contributed by atoms with Crippen LogP contribution in [0.3, 0.4) is 0 Å². The van der Waals surface area contributed by atoms with Crippen LogP contribution >= 0.6 is 24.8 Å². The van der Waals surface area contributed by atoms with E-state index in [2.05, 4.69) is 20.4 Å². The first-order chi connectivity index (χ1) is 12.3. The van der Waals surface area contributed by atoms with Gasteiger partial charge in [-0.05, 0) is 42.3 Å². The molecule has 154 valence electrons. The largest absolute Gasteiger partial charge is 0.467 e. The number of carbonyl (C=O) groups is 1. The van der Waals surface area contributed by atoms with E-state index in [9.17, 15) is 22.4 Å². The molecule has 2 heterocycles. The zero-order chi connectivity index (χ0) is 18.7. The van der Waals surface area contributed by atoms with Crippen molar-refractivity contribution < 1.29 is 27.1 Å². The standard InChI is InChI=1S/C17H15F4N3O2.2ClH/c18-14-11-5-7-22-8-10(11)3-4-13(14)24-15(25)12-2-1-6-23-16(12)26-9-17(19,20)21;;/h1-4,6,22H,5,7-9H2,(H,24,25);2*1H. The Morgan fingerprint density at radius 2 is 2.00 bits per heavy atom.